The fourth-order valence-corrected chi connectivity index (χ4v) is 2.74. The first-order valence-electron chi connectivity index (χ1n) is 6.64. The van der Waals surface area contributed by atoms with Crippen molar-refractivity contribution in [2.45, 2.75) is 12.5 Å². The minimum absolute atomic E-state index is 0.148. The molecule has 110 valence electrons. The fraction of sp³-hybridized carbons (Fsp3) is 0.286. The normalized spacial score (nSPS) is 18.0. The molecule has 21 heavy (non-hydrogen) atoms. The van der Waals surface area contributed by atoms with Crippen LogP contribution in [0.2, 0.25) is 10.0 Å². The number of nitrogens with one attached hydrogen (secondary N) is 2. The summed E-state index contributed by atoms with van der Waals surface area (Å²) in [4.78, 5) is 13.7. The molecule has 0 saturated carbocycles. The van der Waals surface area contributed by atoms with Gasteiger partial charge in [-0.1, -0.05) is 23.2 Å². The lowest BCUT2D eigenvalue weighted by Gasteiger charge is -2.19. The van der Waals surface area contributed by atoms with E-state index in [0.29, 0.717) is 5.69 Å². The molecule has 2 N–H and O–H groups in total. The van der Waals surface area contributed by atoms with Crippen LogP contribution >= 0.6 is 23.2 Å². The second kappa shape index (κ2) is 5.95. The highest BCUT2D eigenvalue weighted by Crippen LogP contribution is 2.25. The summed E-state index contributed by atoms with van der Waals surface area (Å²) in [6.45, 7) is 1.78. The smallest absolute Gasteiger partial charge is 0.285 e. The third-order valence-electron chi connectivity index (χ3n) is 3.54. The summed E-state index contributed by atoms with van der Waals surface area (Å²) in [7, 11) is 0. The molecule has 1 saturated heterocycles. The van der Waals surface area contributed by atoms with E-state index in [1.165, 1.54) is 6.20 Å². The molecule has 1 aromatic carbocycles. The second-order valence-corrected chi connectivity index (χ2v) is 5.79. The Labute approximate surface area is 131 Å². The highest BCUT2D eigenvalue weighted by atomic mass is 35.5. The number of aromatic amines is 1. The van der Waals surface area contributed by atoms with Crippen LogP contribution in [0.5, 0.6) is 0 Å². The SMILES string of the molecule is O=c1[nH]ncc(NC2CCN(c3ccc(Cl)cc3)C2)c1Cl. The Kier molecular flexibility index (Phi) is 4.03. The molecule has 0 radical (unpaired) electrons. The highest BCUT2D eigenvalue weighted by Gasteiger charge is 2.23. The Bertz CT molecular complexity index is 686. The second-order valence-electron chi connectivity index (χ2n) is 4.98. The Morgan fingerprint density at radius 3 is 2.81 bits per heavy atom. The average Bonchev–Trinajstić information content (AvgIpc) is 2.93. The van der Waals surface area contributed by atoms with E-state index >= 15 is 0 Å². The van der Waals surface area contributed by atoms with E-state index in [1.54, 1.807) is 0 Å². The van der Waals surface area contributed by atoms with E-state index in [-0.39, 0.29) is 16.6 Å². The summed E-state index contributed by atoms with van der Waals surface area (Å²) in [5.41, 5.74) is 1.33. The van der Waals surface area contributed by atoms with Crippen LogP contribution in [0.15, 0.2) is 35.3 Å². The summed E-state index contributed by atoms with van der Waals surface area (Å²) >= 11 is 11.9. The molecule has 5 nitrogen and oxygen atoms in total. The van der Waals surface area contributed by atoms with Crippen molar-refractivity contribution in [3.8, 4) is 0 Å². The standard InChI is InChI=1S/C14H14Cl2N4O/c15-9-1-3-11(4-2-9)20-6-5-10(8-20)18-12-7-17-19-14(21)13(12)16/h1-4,7,10H,5-6,8H2,(H2,18,19,21). The van der Waals surface area contributed by atoms with Gasteiger partial charge in [0.1, 0.15) is 5.02 Å². The fourth-order valence-electron chi connectivity index (χ4n) is 2.47. The molecule has 7 heteroatoms. The van der Waals surface area contributed by atoms with Gasteiger partial charge in [0.05, 0.1) is 11.9 Å². The number of nitrogens with zero attached hydrogens (tertiary/aromatic N) is 2. The molecule has 1 aliphatic heterocycles. The lowest BCUT2D eigenvalue weighted by molar-refractivity contribution is 0.803. The van der Waals surface area contributed by atoms with Crippen LogP contribution in [-0.2, 0) is 0 Å². The number of benzene rings is 1. The van der Waals surface area contributed by atoms with Gasteiger partial charge in [-0.15, -0.1) is 0 Å². The van der Waals surface area contributed by atoms with Gasteiger partial charge in [0.15, 0.2) is 0 Å². The number of hydrogen-bond donors (Lipinski definition) is 2. The summed E-state index contributed by atoms with van der Waals surface area (Å²) in [5, 5.41) is 10.2. The average molecular weight is 325 g/mol. The quantitative estimate of drug-likeness (QED) is 0.911. The highest BCUT2D eigenvalue weighted by molar-refractivity contribution is 6.32. The number of rotatable bonds is 3. The van der Waals surface area contributed by atoms with E-state index in [1.807, 2.05) is 24.3 Å². The largest absolute Gasteiger partial charge is 0.378 e. The molecule has 1 fully saturated rings. The molecule has 0 bridgehead atoms. The third kappa shape index (κ3) is 3.14. The van der Waals surface area contributed by atoms with Gasteiger partial charge in [0.2, 0.25) is 0 Å². The monoisotopic (exact) mass is 324 g/mol. The van der Waals surface area contributed by atoms with Crippen molar-refractivity contribution < 1.29 is 0 Å². The van der Waals surface area contributed by atoms with Crippen LogP contribution in [-0.4, -0.2) is 29.3 Å². The van der Waals surface area contributed by atoms with Gasteiger partial charge in [0, 0.05) is 29.8 Å². The van der Waals surface area contributed by atoms with Crippen LogP contribution < -0.4 is 15.8 Å². The molecule has 2 heterocycles. The topological polar surface area (TPSA) is 61.0 Å². The first kappa shape index (κ1) is 14.2. The van der Waals surface area contributed by atoms with Crippen LogP contribution in [0.25, 0.3) is 0 Å². The van der Waals surface area contributed by atoms with E-state index in [4.69, 9.17) is 23.2 Å². The van der Waals surface area contributed by atoms with E-state index in [0.717, 1.165) is 30.2 Å². The number of halogens is 2. The maximum Gasteiger partial charge on any atom is 0.285 e. The van der Waals surface area contributed by atoms with E-state index in [9.17, 15) is 4.79 Å². The number of H-pyrrole nitrogens is 1. The van der Waals surface area contributed by atoms with Gasteiger partial charge in [-0.3, -0.25) is 4.79 Å². The molecule has 1 atom stereocenters. The predicted octanol–water partition coefficient (Wildman–Crippen LogP) is 2.77. The van der Waals surface area contributed by atoms with Crippen LogP contribution in [0.1, 0.15) is 6.42 Å². The molecular formula is C14H14Cl2N4O. The summed E-state index contributed by atoms with van der Waals surface area (Å²) in [6, 6.07) is 8.00. The molecular weight excluding hydrogens is 311 g/mol. The van der Waals surface area contributed by atoms with Gasteiger partial charge in [-0.05, 0) is 30.7 Å². The van der Waals surface area contributed by atoms with Gasteiger partial charge in [-0.2, -0.15) is 5.10 Å². The minimum atomic E-state index is -0.380. The molecule has 3 rings (SSSR count). The van der Waals surface area contributed by atoms with E-state index < -0.39 is 0 Å². The van der Waals surface area contributed by atoms with Crippen LogP contribution in [0, 0.1) is 0 Å². The van der Waals surface area contributed by atoms with Gasteiger partial charge in [-0.25, -0.2) is 5.10 Å². The molecule has 2 aromatic rings. The van der Waals surface area contributed by atoms with Crippen molar-refractivity contribution in [3.63, 3.8) is 0 Å². The summed E-state index contributed by atoms with van der Waals surface area (Å²) < 4.78 is 0. The van der Waals surface area contributed by atoms with Crippen molar-refractivity contribution in [3.05, 3.63) is 50.9 Å². The predicted molar refractivity (Wildman–Crippen MR) is 85.6 cm³/mol. The molecule has 1 unspecified atom stereocenters. The Morgan fingerprint density at radius 1 is 1.29 bits per heavy atom. The Morgan fingerprint density at radius 2 is 2.05 bits per heavy atom. The number of anilines is 2. The zero-order valence-electron chi connectivity index (χ0n) is 11.1. The third-order valence-corrected chi connectivity index (χ3v) is 4.16. The van der Waals surface area contributed by atoms with Crippen molar-refractivity contribution >= 4 is 34.6 Å². The van der Waals surface area contributed by atoms with Crippen molar-refractivity contribution in [1.29, 1.82) is 0 Å². The zero-order chi connectivity index (χ0) is 14.8. The van der Waals surface area contributed by atoms with Crippen molar-refractivity contribution in [2.24, 2.45) is 0 Å². The Hall–Kier alpha value is -1.72. The first-order chi connectivity index (χ1) is 10.1. The van der Waals surface area contributed by atoms with Gasteiger partial charge < -0.3 is 10.2 Å². The summed E-state index contributed by atoms with van der Waals surface area (Å²) in [5.74, 6) is 0. The maximum atomic E-state index is 11.4. The molecule has 0 amide bonds. The summed E-state index contributed by atoms with van der Waals surface area (Å²) in [6.07, 6.45) is 2.50. The van der Waals surface area contributed by atoms with Crippen LogP contribution in [0.4, 0.5) is 11.4 Å². The van der Waals surface area contributed by atoms with Gasteiger partial charge in [0.25, 0.3) is 5.56 Å². The molecule has 1 aromatic heterocycles. The Balaban J connectivity index is 1.68. The van der Waals surface area contributed by atoms with Crippen LogP contribution in [0.3, 0.4) is 0 Å². The lowest BCUT2D eigenvalue weighted by Crippen LogP contribution is -2.27. The maximum absolute atomic E-state index is 11.4. The lowest BCUT2D eigenvalue weighted by atomic mass is 10.2. The minimum Gasteiger partial charge on any atom is -0.378 e. The number of hydrogen-bond acceptors (Lipinski definition) is 4. The molecule has 0 spiro atoms. The zero-order valence-corrected chi connectivity index (χ0v) is 12.7. The van der Waals surface area contributed by atoms with Gasteiger partial charge >= 0.3 is 0 Å². The molecule has 0 aliphatic carbocycles. The number of aromatic nitrogens is 2. The molecule has 1 aliphatic rings. The van der Waals surface area contributed by atoms with Crippen molar-refractivity contribution in [2.75, 3.05) is 23.3 Å². The first-order valence-corrected chi connectivity index (χ1v) is 7.39. The van der Waals surface area contributed by atoms with Crippen molar-refractivity contribution in [1.82, 2.24) is 10.2 Å². The van der Waals surface area contributed by atoms with E-state index in [2.05, 4.69) is 20.4 Å².